The molecule has 18 heavy (non-hydrogen) atoms. The van der Waals surface area contributed by atoms with Gasteiger partial charge in [0, 0.05) is 12.1 Å². The normalized spacial score (nSPS) is 12.1. The maximum Gasteiger partial charge on any atom is 0.181 e. The number of ether oxygens (including phenoxy) is 1. The summed E-state index contributed by atoms with van der Waals surface area (Å²) in [6.07, 6.45) is -0.443. The number of benzene rings is 2. The van der Waals surface area contributed by atoms with Crippen molar-refractivity contribution in [3.63, 3.8) is 0 Å². The van der Waals surface area contributed by atoms with E-state index in [1.807, 2.05) is 31.3 Å². The summed E-state index contributed by atoms with van der Waals surface area (Å²) in [7, 11) is 1.90. The number of hydrogen-bond donors (Lipinski definition) is 1. The third kappa shape index (κ3) is 2.44. The average Bonchev–Trinajstić information content (AvgIpc) is 2.41. The molecule has 1 unspecified atom stereocenters. The standard InChI is InChI=1S/C15H16N2O/c1-11(9-16)18-15-8-7-12-5-3-4-6-13(12)14(15)10-17-2/h3-8,11,17H,10H2,1-2H3. The van der Waals surface area contributed by atoms with Gasteiger partial charge in [0.2, 0.25) is 0 Å². The van der Waals surface area contributed by atoms with Crippen molar-refractivity contribution in [1.29, 1.82) is 5.26 Å². The van der Waals surface area contributed by atoms with Gasteiger partial charge in [-0.25, -0.2) is 0 Å². The number of nitrogens with one attached hydrogen (secondary N) is 1. The lowest BCUT2D eigenvalue weighted by Crippen LogP contribution is -2.13. The summed E-state index contributed by atoms with van der Waals surface area (Å²) in [5, 5.41) is 14.3. The van der Waals surface area contributed by atoms with Crippen LogP contribution in [-0.4, -0.2) is 13.2 Å². The first kappa shape index (κ1) is 12.4. The second-order valence-electron chi connectivity index (χ2n) is 4.18. The average molecular weight is 240 g/mol. The largest absolute Gasteiger partial charge is 0.476 e. The predicted octanol–water partition coefficient (Wildman–Crippen LogP) is 2.85. The molecule has 0 aliphatic heterocycles. The summed E-state index contributed by atoms with van der Waals surface area (Å²) in [4.78, 5) is 0. The molecule has 0 spiro atoms. The lowest BCUT2D eigenvalue weighted by molar-refractivity contribution is 0.274. The molecule has 0 amide bonds. The molecule has 0 aliphatic rings. The van der Waals surface area contributed by atoms with Gasteiger partial charge in [-0.2, -0.15) is 5.26 Å². The zero-order valence-electron chi connectivity index (χ0n) is 10.6. The van der Waals surface area contributed by atoms with Crippen LogP contribution in [0.15, 0.2) is 36.4 Å². The van der Waals surface area contributed by atoms with Crippen molar-refractivity contribution in [3.05, 3.63) is 42.0 Å². The summed E-state index contributed by atoms with van der Waals surface area (Å²) in [6, 6.07) is 14.2. The van der Waals surface area contributed by atoms with Crippen LogP contribution in [0.5, 0.6) is 5.75 Å². The zero-order valence-corrected chi connectivity index (χ0v) is 10.6. The van der Waals surface area contributed by atoms with E-state index in [0.717, 1.165) is 23.2 Å². The Balaban J connectivity index is 2.52. The van der Waals surface area contributed by atoms with Crippen molar-refractivity contribution in [3.8, 4) is 11.8 Å². The molecule has 2 aromatic carbocycles. The third-order valence-corrected chi connectivity index (χ3v) is 2.84. The van der Waals surface area contributed by atoms with E-state index in [4.69, 9.17) is 10.00 Å². The fraction of sp³-hybridized carbons (Fsp3) is 0.267. The smallest absolute Gasteiger partial charge is 0.181 e. The number of fused-ring (bicyclic) bond motifs is 1. The van der Waals surface area contributed by atoms with Gasteiger partial charge in [-0.15, -0.1) is 0 Å². The van der Waals surface area contributed by atoms with Gasteiger partial charge >= 0.3 is 0 Å². The molecule has 2 rings (SSSR count). The van der Waals surface area contributed by atoms with E-state index in [1.165, 1.54) is 5.39 Å². The van der Waals surface area contributed by atoms with Gasteiger partial charge in [-0.05, 0) is 30.8 Å². The predicted molar refractivity (Wildman–Crippen MR) is 72.4 cm³/mol. The van der Waals surface area contributed by atoms with Crippen molar-refractivity contribution >= 4 is 10.8 Å². The fourth-order valence-corrected chi connectivity index (χ4v) is 2.00. The molecular weight excluding hydrogens is 224 g/mol. The lowest BCUT2D eigenvalue weighted by atomic mass is 10.0. The Bertz CT molecular complexity index is 587. The summed E-state index contributed by atoms with van der Waals surface area (Å²) in [5.74, 6) is 0.775. The Morgan fingerprint density at radius 3 is 2.78 bits per heavy atom. The highest BCUT2D eigenvalue weighted by Crippen LogP contribution is 2.28. The van der Waals surface area contributed by atoms with Crippen LogP contribution in [0.2, 0.25) is 0 Å². The fourth-order valence-electron chi connectivity index (χ4n) is 2.00. The van der Waals surface area contributed by atoms with Crippen LogP contribution in [0.3, 0.4) is 0 Å². The first-order chi connectivity index (χ1) is 8.76. The summed E-state index contributed by atoms with van der Waals surface area (Å²) in [6.45, 7) is 2.47. The highest BCUT2D eigenvalue weighted by atomic mass is 16.5. The van der Waals surface area contributed by atoms with E-state index >= 15 is 0 Å². The highest BCUT2D eigenvalue weighted by molar-refractivity contribution is 5.87. The molecule has 0 aromatic heterocycles. The summed E-state index contributed by atoms with van der Waals surface area (Å²) in [5.41, 5.74) is 1.10. The van der Waals surface area contributed by atoms with Crippen molar-refractivity contribution in [2.45, 2.75) is 19.6 Å². The van der Waals surface area contributed by atoms with Crippen LogP contribution in [0.4, 0.5) is 0 Å². The van der Waals surface area contributed by atoms with E-state index in [-0.39, 0.29) is 0 Å². The quantitative estimate of drug-likeness (QED) is 0.893. The van der Waals surface area contributed by atoms with Gasteiger partial charge < -0.3 is 10.1 Å². The second kappa shape index (κ2) is 5.52. The van der Waals surface area contributed by atoms with Gasteiger partial charge in [-0.3, -0.25) is 0 Å². The monoisotopic (exact) mass is 240 g/mol. The molecule has 92 valence electrons. The van der Waals surface area contributed by atoms with E-state index in [1.54, 1.807) is 6.92 Å². The van der Waals surface area contributed by atoms with E-state index in [0.29, 0.717) is 0 Å². The molecule has 0 heterocycles. The van der Waals surface area contributed by atoms with E-state index in [2.05, 4.69) is 23.5 Å². The van der Waals surface area contributed by atoms with Crippen LogP contribution in [-0.2, 0) is 6.54 Å². The number of hydrogen-bond acceptors (Lipinski definition) is 3. The molecule has 1 atom stereocenters. The van der Waals surface area contributed by atoms with E-state index < -0.39 is 6.10 Å². The molecular formula is C15H16N2O. The lowest BCUT2D eigenvalue weighted by Gasteiger charge is -2.15. The second-order valence-corrected chi connectivity index (χ2v) is 4.18. The third-order valence-electron chi connectivity index (χ3n) is 2.84. The van der Waals surface area contributed by atoms with Crippen LogP contribution in [0.1, 0.15) is 12.5 Å². The molecule has 3 heteroatoms. The van der Waals surface area contributed by atoms with Gasteiger partial charge in [0.15, 0.2) is 6.10 Å². The molecule has 0 bridgehead atoms. The Morgan fingerprint density at radius 2 is 2.06 bits per heavy atom. The highest BCUT2D eigenvalue weighted by Gasteiger charge is 2.10. The van der Waals surface area contributed by atoms with Crippen LogP contribution in [0, 0.1) is 11.3 Å². The maximum atomic E-state index is 8.84. The molecule has 1 N–H and O–H groups in total. The van der Waals surface area contributed by atoms with Crippen molar-refractivity contribution < 1.29 is 4.74 Å². The summed E-state index contributed by atoms with van der Waals surface area (Å²) >= 11 is 0. The molecule has 0 aliphatic carbocycles. The molecule has 0 fully saturated rings. The minimum absolute atomic E-state index is 0.443. The number of nitrogens with zero attached hydrogens (tertiary/aromatic N) is 1. The number of rotatable bonds is 4. The first-order valence-electron chi connectivity index (χ1n) is 5.97. The molecule has 0 saturated carbocycles. The van der Waals surface area contributed by atoms with E-state index in [9.17, 15) is 0 Å². The minimum Gasteiger partial charge on any atom is -0.476 e. The van der Waals surface area contributed by atoms with Gasteiger partial charge in [0.1, 0.15) is 11.8 Å². The Labute approximate surface area is 107 Å². The number of nitriles is 1. The van der Waals surface area contributed by atoms with Crippen molar-refractivity contribution in [2.24, 2.45) is 0 Å². The topological polar surface area (TPSA) is 45.0 Å². The van der Waals surface area contributed by atoms with Crippen molar-refractivity contribution in [1.82, 2.24) is 5.32 Å². The van der Waals surface area contributed by atoms with Gasteiger partial charge in [-0.1, -0.05) is 30.3 Å². The Kier molecular flexibility index (Phi) is 3.81. The molecule has 2 aromatic rings. The van der Waals surface area contributed by atoms with Crippen molar-refractivity contribution in [2.75, 3.05) is 7.05 Å². The molecule has 0 saturated heterocycles. The minimum atomic E-state index is -0.443. The summed E-state index contributed by atoms with van der Waals surface area (Å²) < 4.78 is 5.65. The van der Waals surface area contributed by atoms with Gasteiger partial charge in [0.05, 0.1) is 0 Å². The maximum absolute atomic E-state index is 8.84. The van der Waals surface area contributed by atoms with Crippen LogP contribution in [0.25, 0.3) is 10.8 Å². The SMILES string of the molecule is CNCc1c(OC(C)C#N)ccc2ccccc12. The Hall–Kier alpha value is -2.05. The van der Waals surface area contributed by atoms with Crippen LogP contribution < -0.4 is 10.1 Å². The zero-order chi connectivity index (χ0) is 13.0. The Morgan fingerprint density at radius 1 is 1.28 bits per heavy atom. The van der Waals surface area contributed by atoms with Gasteiger partial charge in [0.25, 0.3) is 0 Å². The van der Waals surface area contributed by atoms with Crippen LogP contribution >= 0.6 is 0 Å². The first-order valence-corrected chi connectivity index (χ1v) is 5.97. The molecule has 0 radical (unpaired) electrons. The molecule has 3 nitrogen and oxygen atoms in total.